The Morgan fingerprint density at radius 1 is 1.45 bits per heavy atom. The molecular formula is C14H24N2O4. The van der Waals surface area contributed by atoms with Gasteiger partial charge >= 0.3 is 5.97 Å². The van der Waals surface area contributed by atoms with Crippen LogP contribution in [0.15, 0.2) is 11.6 Å². The molecule has 0 saturated heterocycles. The molecule has 0 aromatic heterocycles. The Morgan fingerprint density at radius 3 is 2.50 bits per heavy atom. The van der Waals surface area contributed by atoms with Gasteiger partial charge in [-0.3, -0.25) is 9.69 Å². The van der Waals surface area contributed by atoms with Crippen molar-refractivity contribution in [1.82, 2.24) is 10.2 Å². The van der Waals surface area contributed by atoms with Gasteiger partial charge in [0, 0.05) is 25.6 Å². The van der Waals surface area contributed by atoms with Crippen molar-refractivity contribution in [2.75, 3.05) is 13.1 Å². The Hall–Kier alpha value is -1.40. The molecule has 6 heteroatoms. The highest BCUT2D eigenvalue weighted by atomic mass is 16.4. The van der Waals surface area contributed by atoms with Crippen molar-refractivity contribution in [3.63, 3.8) is 0 Å². The molecule has 6 nitrogen and oxygen atoms in total. The number of hydrogen-bond donors (Lipinski definition) is 3. The van der Waals surface area contributed by atoms with Crippen LogP contribution in [0.25, 0.3) is 0 Å². The van der Waals surface area contributed by atoms with Crippen molar-refractivity contribution in [1.29, 1.82) is 0 Å². The molecule has 0 spiro atoms. The van der Waals surface area contributed by atoms with Crippen LogP contribution in [0.2, 0.25) is 0 Å². The van der Waals surface area contributed by atoms with Crippen LogP contribution in [0.4, 0.5) is 0 Å². The highest BCUT2D eigenvalue weighted by molar-refractivity contribution is 5.87. The molecule has 0 fully saturated rings. The molecule has 1 aliphatic heterocycles. The van der Waals surface area contributed by atoms with Crippen LogP contribution >= 0.6 is 0 Å². The lowest BCUT2D eigenvalue weighted by Crippen LogP contribution is -2.58. The number of carboxylic acids is 1. The number of aliphatic carboxylic acids is 1. The summed E-state index contributed by atoms with van der Waals surface area (Å²) >= 11 is 0. The van der Waals surface area contributed by atoms with Gasteiger partial charge in [0.2, 0.25) is 5.91 Å². The Bertz CT molecular complexity index is 391. The lowest BCUT2D eigenvalue weighted by atomic mass is 9.98. The van der Waals surface area contributed by atoms with Gasteiger partial charge in [0.15, 0.2) is 0 Å². The molecule has 1 amide bonds. The van der Waals surface area contributed by atoms with E-state index in [0.29, 0.717) is 12.5 Å². The van der Waals surface area contributed by atoms with Gasteiger partial charge in [0.05, 0.1) is 0 Å². The highest BCUT2D eigenvalue weighted by Crippen LogP contribution is 2.20. The Balaban J connectivity index is 2.92. The molecule has 0 aromatic rings. The number of aliphatic hydroxyl groups is 1. The molecule has 1 heterocycles. The zero-order valence-electron chi connectivity index (χ0n) is 12.3. The first-order chi connectivity index (χ1) is 9.38. The summed E-state index contributed by atoms with van der Waals surface area (Å²) in [5, 5.41) is 21.9. The Kier molecular flexibility index (Phi) is 6.16. The molecule has 3 N–H and O–H groups in total. The molecule has 0 radical (unpaired) electrons. The number of amides is 1. The fraction of sp³-hybridized carbons (Fsp3) is 0.714. The molecule has 20 heavy (non-hydrogen) atoms. The standard InChI is InChI=1S/C14H24N2O4/c1-4-10(5-2)7-16-8-11(14(19)20)6-12(18)13(16)15-9(3)17/h6,10,12-13,18H,4-5,7-8H2,1-3H3,(H,15,17)(H,19,20)/t12-,13-/m0/s1. The van der Waals surface area contributed by atoms with Crippen LogP contribution in [-0.4, -0.2) is 52.3 Å². The minimum Gasteiger partial charge on any atom is -0.478 e. The summed E-state index contributed by atoms with van der Waals surface area (Å²) in [5.74, 6) is -0.859. The molecule has 0 bridgehead atoms. The smallest absolute Gasteiger partial charge is 0.332 e. The second-order valence-electron chi connectivity index (χ2n) is 5.24. The fourth-order valence-electron chi connectivity index (χ4n) is 2.46. The average molecular weight is 284 g/mol. The third-order valence-corrected chi connectivity index (χ3v) is 3.74. The summed E-state index contributed by atoms with van der Waals surface area (Å²) in [6, 6.07) is 0. The third-order valence-electron chi connectivity index (χ3n) is 3.74. The number of carbonyl (C=O) groups excluding carboxylic acids is 1. The molecule has 0 aliphatic carbocycles. The highest BCUT2D eigenvalue weighted by Gasteiger charge is 2.33. The zero-order valence-corrected chi connectivity index (χ0v) is 12.3. The SMILES string of the molecule is CCC(CC)CN1CC(C(=O)O)=C[C@H](O)[C@H]1NC(C)=O. The molecular weight excluding hydrogens is 260 g/mol. The normalized spacial score (nSPS) is 23.6. The number of aliphatic hydroxyl groups excluding tert-OH is 1. The summed E-state index contributed by atoms with van der Waals surface area (Å²) in [4.78, 5) is 24.2. The van der Waals surface area contributed by atoms with Gasteiger partial charge in [0.1, 0.15) is 12.3 Å². The van der Waals surface area contributed by atoms with E-state index in [0.717, 1.165) is 12.8 Å². The number of hydrogen-bond acceptors (Lipinski definition) is 4. The van der Waals surface area contributed by atoms with Gasteiger partial charge in [-0.25, -0.2) is 4.79 Å². The van der Waals surface area contributed by atoms with Gasteiger partial charge in [-0.1, -0.05) is 26.7 Å². The largest absolute Gasteiger partial charge is 0.478 e. The zero-order chi connectivity index (χ0) is 15.3. The minimum absolute atomic E-state index is 0.171. The summed E-state index contributed by atoms with van der Waals surface area (Å²) < 4.78 is 0. The number of rotatable bonds is 6. The monoisotopic (exact) mass is 284 g/mol. The molecule has 114 valence electrons. The van der Waals surface area contributed by atoms with Crippen LogP contribution in [-0.2, 0) is 9.59 Å². The maximum atomic E-state index is 11.3. The molecule has 1 aliphatic rings. The van der Waals surface area contributed by atoms with E-state index in [-0.39, 0.29) is 18.0 Å². The average Bonchev–Trinajstić information content (AvgIpc) is 2.38. The van der Waals surface area contributed by atoms with E-state index >= 15 is 0 Å². The molecule has 2 atom stereocenters. The van der Waals surface area contributed by atoms with E-state index in [4.69, 9.17) is 5.11 Å². The Morgan fingerprint density at radius 2 is 2.05 bits per heavy atom. The van der Waals surface area contributed by atoms with Crippen molar-refractivity contribution in [3.8, 4) is 0 Å². The first kappa shape index (κ1) is 16.7. The van der Waals surface area contributed by atoms with Gasteiger partial charge in [-0.2, -0.15) is 0 Å². The number of carbonyl (C=O) groups is 2. The lowest BCUT2D eigenvalue weighted by molar-refractivity contribution is -0.133. The van der Waals surface area contributed by atoms with Crippen LogP contribution < -0.4 is 5.32 Å². The van der Waals surface area contributed by atoms with Crippen molar-refractivity contribution in [2.24, 2.45) is 5.92 Å². The van der Waals surface area contributed by atoms with Gasteiger partial charge in [0.25, 0.3) is 0 Å². The van der Waals surface area contributed by atoms with Crippen molar-refractivity contribution >= 4 is 11.9 Å². The van der Waals surface area contributed by atoms with Gasteiger partial charge in [-0.15, -0.1) is 0 Å². The molecule has 1 rings (SSSR count). The van der Waals surface area contributed by atoms with Crippen molar-refractivity contribution in [3.05, 3.63) is 11.6 Å². The van der Waals surface area contributed by atoms with Crippen molar-refractivity contribution in [2.45, 2.75) is 45.9 Å². The summed E-state index contributed by atoms with van der Waals surface area (Å²) in [5.41, 5.74) is 0.171. The fourth-order valence-corrected chi connectivity index (χ4v) is 2.46. The maximum Gasteiger partial charge on any atom is 0.332 e. The van der Waals surface area contributed by atoms with E-state index < -0.39 is 18.2 Å². The van der Waals surface area contributed by atoms with Crippen LogP contribution in [0.3, 0.4) is 0 Å². The maximum absolute atomic E-state index is 11.3. The first-order valence-corrected chi connectivity index (χ1v) is 7.02. The van der Waals surface area contributed by atoms with Gasteiger partial charge < -0.3 is 15.5 Å². The topological polar surface area (TPSA) is 89.9 Å². The number of nitrogens with zero attached hydrogens (tertiary/aromatic N) is 1. The summed E-state index contributed by atoms with van der Waals surface area (Å²) in [6.45, 7) is 6.43. The lowest BCUT2D eigenvalue weighted by Gasteiger charge is -2.39. The number of carboxylic acid groups (broad SMARTS) is 1. The van der Waals surface area contributed by atoms with Crippen LogP contribution in [0, 0.1) is 5.92 Å². The van der Waals surface area contributed by atoms with E-state index in [2.05, 4.69) is 19.2 Å². The molecule has 0 saturated carbocycles. The predicted molar refractivity (Wildman–Crippen MR) is 75.0 cm³/mol. The van der Waals surface area contributed by atoms with Crippen LogP contribution in [0.1, 0.15) is 33.6 Å². The number of nitrogens with one attached hydrogen (secondary N) is 1. The van der Waals surface area contributed by atoms with Gasteiger partial charge in [-0.05, 0) is 12.0 Å². The van der Waals surface area contributed by atoms with Crippen LogP contribution in [0.5, 0.6) is 0 Å². The second-order valence-corrected chi connectivity index (χ2v) is 5.24. The minimum atomic E-state index is -1.03. The van der Waals surface area contributed by atoms with E-state index in [1.165, 1.54) is 13.0 Å². The second kappa shape index (κ2) is 7.40. The summed E-state index contributed by atoms with van der Waals surface area (Å²) in [6.07, 6.45) is 1.69. The quantitative estimate of drug-likeness (QED) is 0.663. The summed E-state index contributed by atoms with van der Waals surface area (Å²) in [7, 11) is 0. The molecule has 0 unspecified atom stereocenters. The molecule has 0 aromatic carbocycles. The van der Waals surface area contributed by atoms with Crippen molar-refractivity contribution < 1.29 is 19.8 Å². The predicted octanol–water partition coefficient (Wildman–Crippen LogP) is 0.572. The first-order valence-electron chi connectivity index (χ1n) is 7.02. The van der Waals surface area contributed by atoms with E-state index in [9.17, 15) is 14.7 Å². The Labute approximate surface area is 119 Å². The van der Waals surface area contributed by atoms with E-state index in [1.807, 2.05) is 4.90 Å². The third kappa shape index (κ3) is 4.31. The van der Waals surface area contributed by atoms with E-state index in [1.54, 1.807) is 0 Å².